The smallest absolute Gasteiger partial charge is 0.264 e. The normalized spacial score (nSPS) is 11.1. The van der Waals surface area contributed by atoms with E-state index in [2.05, 4.69) is 21.2 Å². The van der Waals surface area contributed by atoms with Crippen molar-refractivity contribution in [3.63, 3.8) is 0 Å². The summed E-state index contributed by atoms with van der Waals surface area (Å²) in [4.78, 5) is 12.8. The molecule has 0 saturated carbocycles. The molecule has 28 heavy (non-hydrogen) atoms. The van der Waals surface area contributed by atoms with Crippen molar-refractivity contribution in [2.45, 2.75) is 11.8 Å². The summed E-state index contributed by atoms with van der Waals surface area (Å²) in [5.74, 6) is -0.481. The number of rotatable bonds is 5. The zero-order valence-corrected chi connectivity index (χ0v) is 17.8. The van der Waals surface area contributed by atoms with Gasteiger partial charge in [-0.3, -0.25) is 9.10 Å². The zero-order valence-electron chi connectivity index (χ0n) is 15.4. The van der Waals surface area contributed by atoms with Crippen LogP contribution in [0.2, 0.25) is 0 Å². The molecule has 7 heteroatoms. The molecule has 0 aliphatic heterocycles. The first-order valence-electron chi connectivity index (χ1n) is 8.51. The summed E-state index contributed by atoms with van der Waals surface area (Å²) >= 11 is 3.39. The van der Waals surface area contributed by atoms with Crippen molar-refractivity contribution >= 4 is 43.2 Å². The Bertz CT molecular complexity index is 1120. The first kappa shape index (κ1) is 20.1. The van der Waals surface area contributed by atoms with Crippen LogP contribution in [0.4, 0.5) is 11.4 Å². The molecule has 0 heterocycles. The van der Waals surface area contributed by atoms with E-state index in [-0.39, 0.29) is 10.5 Å². The van der Waals surface area contributed by atoms with E-state index in [0.717, 1.165) is 10.0 Å². The Morgan fingerprint density at radius 1 is 0.964 bits per heavy atom. The van der Waals surface area contributed by atoms with Crippen molar-refractivity contribution in [1.82, 2.24) is 0 Å². The molecule has 0 unspecified atom stereocenters. The second kappa shape index (κ2) is 8.16. The van der Waals surface area contributed by atoms with Gasteiger partial charge in [0.1, 0.15) is 4.90 Å². The van der Waals surface area contributed by atoms with Crippen LogP contribution in [-0.2, 0) is 10.0 Å². The number of anilines is 2. The molecule has 3 rings (SSSR count). The number of amides is 1. The third-order valence-electron chi connectivity index (χ3n) is 4.33. The first-order valence-corrected chi connectivity index (χ1v) is 10.7. The van der Waals surface area contributed by atoms with E-state index in [1.807, 2.05) is 25.1 Å². The molecule has 144 valence electrons. The summed E-state index contributed by atoms with van der Waals surface area (Å²) in [7, 11) is -2.44. The number of hydrogen-bond acceptors (Lipinski definition) is 3. The quantitative estimate of drug-likeness (QED) is 0.594. The summed E-state index contributed by atoms with van der Waals surface area (Å²) in [6.07, 6.45) is 0. The summed E-state index contributed by atoms with van der Waals surface area (Å²) in [6.45, 7) is 1.87. The molecular weight excluding hydrogens is 440 g/mol. The van der Waals surface area contributed by atoms with Gasteiger partial charge in [-0.15, -0.1) is 0 Å². The lowest BCUT2D eigenvalue weighted by atomic mass is 10.1. The van der Waals surface area contributed by atoms with E-state index in [9.17, 15) is 13.2 Å². The highest BCUT2D eigenvalue weighted by atomic mass is 79.9. The molecule has 0 bridgehead atoms. The summed E-state index contributed by atoms with van der Waals surface area (Å²) in [5, 5.41) is 2.80. The number of carbonyl (C=O) groups is 1. The highest BCUT2D eigenvalue weighted by Crippen LogP contribution is 2.26. The largest absolute Gasteiger partial charge is 0.322 e. The Morgan fingerprint density at radius 3 is 2.29 bits per heavy atom. The first-order chi connectivity index (χ1) is 13.3. The van der Waals surface area contributed by atoms with Crippen molar-refractivity contribution in [3.05, 3.63) is 88.4 Å². The summed E-state index contributed by atoms with van der Waals surface area (Å²) in [5.41, 5.74) is 2.09. The standard InChI is InChI=1S/C21H19BrN2O3S/c1-15-14-16(22)12-13-19(15)23-21(25)18-10-6-7-11-20(18)28(26,27)24(2)17-8-4-3-5-9-17/h3-14H,1-2H3,(H,23,25). The Hall–Kier alpha value is -2.64. The van der Waals surface area contributed by atoms with E-state index in [1.54, 1.807) is 42.5 Å². The van der Waals surface area contributed by atoms with Crippen LogP contribution in [0.5, 0.6) is 0 Å². The number of sulfonamides is 1. The fourth-order valence-electron chi connectivity index (χ4n) is 2.76. The van der Waals surface area contributed by atoms with Gasteiger partial charge < -0.3 is 5.32 Å². The molecule has 0 aliphatic carbocycles. The van der Waals surface area contributed by atoms with Crippen molar-refractivity contribution < 1.29 is 13.2 Å². The molecule has 0 fully saturated rings. The third kappa shape index (κ3) is 4.10. The van der Waals surface area contributed by atoms with Crippen LogP contribution in [0.3, 0.4) is 0 Å². The fraction of sp³-hybridized carbons (Fsp3) is 0.0952. The number of para-hydroxylation sites is 1. The summed E-state index contributed by atoms with van der Waals surface area (Å²) < 4.78 is 28.4. The Balaban J connectivity index is 1.97. The lowest BCUT2D eigenvalue weighted by Gasteiger charge is -2.21. The van der Waals surface area contributed by atoms with Crippen LogP contribution in [0, 0.1) is 6.92 Å². The van der Waals surface area contributed by atoms with Crippen molar-refractivity contribution in [3.8, 4) is 0 Å². The Labute approximate surface area is 173 Å². The Morgan fingerprint density at radius 2 is 1.61 bits per heavy atom. The van der Waals surface area contributed by atoms with E-state index in [1.165, 1.54) is 23.5 Å². The maximum absolute atomic E-state index is 13.2. The van der Waals surface area contributed by atoms with E-state index >= 15 is 0 Å². The van der Waals surface area contributed by atoms with Gasteiger partial charge in [-0.2, -0.15) is 0 Å². The van der Waals surface area contributed by atoms with Gasteiger partial charge in [0.15, 0.2) is 0 Å². The highest BCUT2D eigenvalue weighted by Gasteiger charge is 2.26. The molecule has 0 saturated heterocycles. The minimum absolute atomic E-state index is 0.0476. The number of halogens is 1. The monoisotopic (exact) mass is 458 g/mol. The average molecular weight is 459 g/mol. The van der Waals surface area contributed by atoms with Gasteiger partial charge in [0.25, 0.3) is 15.9 Å². The second-order valence-corrected chi connectivity index (χ2v) is 9.07. The molecule has 0 atom stereocenters. The maximum Gasteiger partial charge on any atom is 0.264 e. The SMILES string of the molecule is Cc1cc(Br)ccc1NC(=O)c1ccccc1S(=O)(=O)N(C)c1ccccc1. The number of carbonyl (C=O) groups excluding carboxylic acids is 1. The van der Waals surface area contributed by atoms with Crippen molar-refractivity contribution in [2.75, 3.05) is 16.7 Å². The minimum Gasteiger partial charge on any atom is -0.322 e. The second-order valence-electron chi connectivity index (χ2n) is 6.22. The van der Waals surface area contributed by atoms with E-state index in [4.69, 9.17) is 0 Å². The zero-order chi connectivity index (χ0) is 20.3. The molecule has 3 aromatic carbocycles. The highest BCUT2D eigenvalue weighted by molar-refractivity contribution is 9.10. The molecule has 0 aliphatic rings. The molecular formula is C21H19BrN2O3S. The Kier molecular flexibility index (Phi) is 5.86. The van der Waals surface area contributed by atoms with Gasteiger partial charge in [-0.05, 0) is 55.0 Å². The summed E-state index contributed by atoms with van der Waals surface area (Å²) in [6, 6.07) is 20.4. The van der Waals surface area contributed by atoms with Crippen molar-refractivity contribution in [2.24, 2.45) is 0 Å². The number of nitrogens with one attached hydrogen (secondary N) is 1. The van der Waals surface area contributed by atoms with E-state index < -0.39 is 15.9 Å². The van der Waals surface area contributed by atoms with Crippen LogP contribution in [0.15, 0.2) is 82.2 Å². The number of hydrogen-bond donors (Lipinski definition) is 1. The molecule has 0 spiro atoms. The van der Waals surface area contributed by atoms with Crippen LogP contribution < -0.4 is 9.62 Å². The van der Waals surface area contributed by atoms with Gasteiger partial charge in [0, 0.05) is 17.2 Å². The molecule has 5 nitrogen and oxygen atoms in total. The molecule has 0 radical (unpaired) electrons. The van der Waals surface area contributed by atoms with Gasteiger partial charge in [-0.25, -0.2) is 8.42 Å². The maximum atomic E-state index is 13.2. The number of benzene rings is 3. The van der Waals surface area contributed by atoms with Crippen LogP contribution in [0.1, 0.15) is 15.9 Å². The molecule has 0 aromatic heterocycles. The van der Waals surface area contributed by atoms with Gasteiger partial charge in [0.2, 0.25) is 0 Å². The van der Waals surface area contributed by atoms with Gasteiger partial charge in [0.05, 0.1) is 11.3 Å². The lowest BCUT2D eigenvalue weighted by Crippen LogP contribution is -2.29. The van der Waals surface area contributed by atoms with E-state index in [0.29, 0.717) is 11.4 Å². The fourth-order valence-corrected chi connectivity index (χ4v) is 4.62. The van der Waals surface area contributed by atoms with Gasteiger partial charge >= 0.3 is 0 Å². The van der Waals surface area contributed by atoms with Crippen LogP contribution >= 0.6 is 15.9 Å². The number of aryl methyl sites for hydroxylation is 1. The molecule has 3 aromatic rings. The molecule has 1 amide bonds. The predicted octanol–water partition coefficient (Wildman–Crippen LogP) is 4.83. The lowest BCUT2D eigenvalue weighted by molar-refractivity contribution is 0.102. The van der Waals surface area contributed by atoms with Crippen molar-refractivity contribution in [1.29, 1.82) is 0 Å². The van der Waals surface area contributed by atoms with Gasteiger partial charge in [-0.1, -0.05) is 46.3 Å². The average Bonchev–Trinajstić information content (AvgIpc) is 2.70. The molecule has 1 N–H and O–H groups in total. The van der Waals surface area contributed by atoms with Crippen LogP contribution in [0.25, 0.3) is 0 Å². The topological polar surface area (TPSA) is 66.5 Å². The van der Waals surface area contributed by atoms with Crippen LogP contribution in [-0.4, -0.2) is 21.4 Å². The predicted molar refractivity (Wildman–Crippen MR) is 115 cm³/mol. The number of nitrogens with zero attached hydrogens (tertiary/aromatic N) is 1. The minimum atomic E-state index is -3.91. The third-order valence-corrected chi connectivity index (χ3v) is 6.66.